The van der Waals surface area contributed by atoms with E-state index in [-0.39, 0.29) is 0 Å². The molecule has 1 aliphatic heterocycles. The molecule has 0 aromatic heterocycles. The Labute approximate surface area is 48.3 Å². The van der Waals surface area contributed by atoms with Crippen LogP contribution in [0.25, 0.3) is 0 Å². The number of hydrogen-bond acceptors (Lipinski definition) is 1. The second-order valence-corrected chi connectivity index (χ2v) is 2.69. The molecule has 2 atom stereocenters. The maximum absolute atomic E-state index is 10.7. The van der Waals surface area contributed by atoms with Crippen molar-refractivity contribution >= 4 is 5.91 Å². The summed E-state index contributed by atoms with van der Waals surface area (Å²) in [5.74, 6) is 1.42. The first-order valence-corrected chi connectivity index (χ1v) is 3.15. The lowest BCUT2D eigenvalue weighted by atomic mass is 9.76. The lowest BCUT2D eigenvalue weighted by Crippen LogP contribution is -2.26. The minimum atomic E-state index is 0.293. The number of carbonyl (C=O) groups excluding carboxylic acids is 1. The van der Waals surface area contributed by atoms with Crippen molar-refractivity contribution in [3.05, 3.63) is 0 Å². The van der Waals surface area contributed by atoms with Crippen molar-refractivity contribution in [2.75, 3.05) is 6.54 Å². The van der Waals surface area contributed by atoms with Crippen LogP contribution in [0.1, 0.15) is 12.8 Å². The van der Waals surface area contributed by atoms with Crippen LogP contribution in [0.3, 0.4) is 0 Å². The zero-order valence-corrected chi connectivity index (χ0v) is 4.68. The van der Waals surface area contributed by atoms with E-state index in [4.69, 9.17) is 0 Å². The van der Waals surface area contributed by atoms with Crippen LogP contribution in [0.15, 0.2) is 0 Å². The summed E-state index contributed by atoms with van der Waals surface area (Å²) in [7, 11) is 0. The van der Waals surface area contributed by atoms with Crippen LogP contribution in [-0.2, 0) is 4.79 Å². The van der Waals surface area contributed by atoms with E-state index in [2.05, 4.69) is 5.32 Å². The SMILES string of the molecule is O=C1NC[C@@H]2CC[C@@H]12. The Morgan fingerprint density at radius 1 is 1.50 bits per heavy atom. The highest BCUT2D eigenvalue weighted by Gasteiger charge is 2.41. The molecular formula is C6H9NO. The summed E-state index contributed by atoms with van der Waals surface area (Å²) in [6, 6.07) is 0. The van der Waals surface area contributed by atoms with Crippen molar-refractivity contribution in [1.82, 2.24) is 5.32 Å². The molecule has 1 amide bonds. The average molecular weight is 111 g/mol. The Hall–Kier alpha value is -0.530. The third-order valence-corrected chi connectivity index (χ3v) is 2.29. The Bertz CT molecular complexity index is 132. The molecule has 2 fully saturated rings. The van der Waals surface area contributed by atoms with Crippen molar-refractivity contribution < 1.29 is 4.79 Å². The van der Waals surface area contributed by atoms with Gasteiger partial charge in [-0.2, -0.15) is 0 Å². The van der Waals surface area contributed by atoms with E-state index in [9.17, 15) is 4.79 Å². The standard InChI is InChI=1S/C6H9NO/c8-6-5-2-1-4(5)3-7-6/h4-5H,1-3H2,(H,7,8)/t4-,5+/m0/s1. The van der Waals surface area contributed by atoms with E-state index >= 15 is 0 Å². The minimum absolute atomic E-state index is 0.293. The lowest BCUT2D eigenvalue weighted by Gasteiger charge is -2.25. The fraction of sp³-hybridized carbons (Fsp3) is 0.833. The number of rotatable bonds is 0. The number of fused-ring (bicyclic) bond motifs is 1. The van der Waals surface area contributed by atoms with Gasteiger partial charge >= 0.3 is 0 Å². The van der Waals surface area contributed by atoms with Crippen LogP contribution in [0.5, 0.6) is 0 Å². The summed E-state index contributed by atoms with van der Waals surface area (Å²) in [4.78, 5) is 10.7. The molecule has 2 heteroatoms. The predicted octanol–water partition coefficient (Wildman–Crippen LogP) is 0.142. The van der Waals surface area contributed by atoms with Gasteiger partial charge in [-0.25, -0.2) is 0 Å². The maximum atomic E-state index is 10.7. The van der Waals surface area contributed by atoms with Crippen LogP contribution in [-0.4, -0.2) is 12.5 Å². The molecule has 2 aliphatic rings. The maximum Gasteiger partial charge on any atom is 0.223 e. The molecule has 8 heavy (non-hydrogen) atoms. The van der Waals surface area contributed by atoms with Gasteiger partial charge in [0.2, 0.25) is 5.91 Å². The number of nitrogens with one attached hydrogen (secondary N) is 1. The molecule has 0 bridgehead atoms. The highest BCUT2D eigenvalue weighted by Crippen LogP contribution is 2.37. The Morgan fingerprint density at radius 2 is 2.38 bits per heavy atom. The van der Waals surface area contributed by atoms with E-state index in [1.54, 1.807) is 0 Å². The van der Waals surface area contributed by atoms with Gasteiger partial charge in [0.25, 0.3) is 0 Å². The summed E-state index contributed by atoms with van der Waals surface area (Å²) in [5.41, 5.74) is 0. The van der Waals surface area contributed by atoms with E-state index in [0.717, 1.165) is 13.0 Å². The van der Waals surface area contributed by atoms with Gasteiger partial charge in [0.1, 0.15) is 0 Å². The van der Waals surface area contributed by atoms with Crippen molar-refractivity contribution in [2.24, 2.45) is 11.8 Å². The molecule has 1 heterocycles. The molecule has 0 radical (unpaired) electrons. The zero-order chi connectivity index (χ0) is 5.56. The molecule has 0 aromatic rings. The van der Waals surface area contributed by atoms with E-state index in [0.29, 0.717) is 17.7 Å². The predicted molar refractivity (Wildman–Crippen MR) is 29.2 cm³/mol. The molecule has 0 spiro atoms. The van der Waals surface area contributed by atoms with Gasteiger partial charge in [-0.15, -0.1) is 0 Å². The topological polar surface area (TPSA) is 29.1 Å². The van der Waals surface area contributed by atoms with E-state index < -0.39 is 0 Å². The van der Waals surface area contributed by atoms with Crippen LogP contribution in [0, 0.1) is 11.8 Å². The second kappa shape index (κ2) is 1.24. The first-order valence-electron chi connectivity index (χ1n) is 3.15. The highest BCUT2D eigenvalue weighted by molar-refractivity contribution is 5.82. The van der Waals surface area contributed by atoms with Crippen LogP contribution in [0.2, 0.25) is 0 Å². The number of amides is 1. The van der Waals surface area contributed by atoms with Gasteiger partial charge in [-0.1, -0.05) is 0 Å². The zero-order valence-electron chi connectivity index (χ0n) is 4.68. The Kier molecular flexibility index (Phi) is 0.678. The Morgan fingerprint density at radius 3 is 2.62 bits per heavy atom. The van der Waals surface area contributed by atoms with Gasteiger partial charge < -0.3 is 5.32 Å². The first kappa shape index (κ1) is 4.36. The monoisotopic (exact) mass is 111 g/mol. The summed E-state index contributed by atoms with van der Waals surface area (Å²) < 4.78 is 0. The fourth-order valence-electron chi connectivity index (χ4n) is 1.52. The molecule has 1 saturated carbocycles. The highest BCUT2D eigenvalue weighted by atomic mass is 16.2. The molecule has 44 valence electrons. The van der Waals surface area contributed by atoms with Crippen molar-refractivity contribution in [1.29, 1.82) is 0 Å². The Balaban J connectivity index is 2.15. The van der Waals surface area contributed by atoms with Gasteiger partial charge in [0.05, 0.1) is 0 Å². The normalized spacial score (nSPS) is 42.8. The minimum Gasteiger partial charge on any atom is -0.356 e. The van der Waals surface area contributed by atoms with Crippen LogP contribution in [0.4, 0.5) is 0 Å². The third-order valence-electron chi connectivity index (χ3n) is 2.29. The molecule has 1 saturated heterocycles. The van der Waals surface area contributed by atoms with E-state index in [1.165, 1.54) is 6.42 Å². The number of carbonyl (C=O) groups is 1. The molecule has 0 unspecified atom stereocenters. The smallest absolute Gasteiger partial charge is 0.223 e. The molecule has 1 N–H and O–H groups in total. The largest absolute Gasteiger partial charge is 0.356 e. The molecule has 0 aromatic carbocycles. The van der Waals surface area contributed by atoms with Gasteiger partial charge in [-0.3, -0.25) is 4.79 Å². The lowest BCUT2D eigenvalue weighted by molar-refractivity contribution is -0.124. The quantitative estimate of drug-likeness (QED) is 0.473. The summed E-state index contributed by atoms with van der Waals surface area (Å²) in [5, 5.41) is 2.84. The third kappa shape index (κ3) is 0.358. The summed E-state index contributed by atoms with van der Waals surface area (Å²) in [6.45, 7) is 0.948. The van der Waals surface area contributed by atoms with Gasteiger partial charge in [0, 0.05) is 12.5 Å². The second-order valence-electron chi connectivity index (χ2n) is 2.69. The van der Waals surface area contributed by atoms with Crippen LogP contribution < -0.4 is 5.32 Å². The van der Waals surface area contributed by atoms with Crippen molar-refractivity contribution in [3.63, 3.8) is 0 Å². The molecular weight excluding hydrogens is 102 g/mol. The average Bonchev–Trinajstić information content (AvgIpc) is 1.80. The molecule has 1 aliphatic carbocycles. The fourth-order valence-corrected chi connectivity index (χ4v) is 1.52. The van der Waals surface area contributed by atoms with Gasteiger partial charge in [0.15, 0.2) is 0 Å². The molecule has 2 nitrogen and oxygen atoms in total. The van der Waals surface area contributed by atoms with Gasteiger partial charge in [-0.05, 0) is 18.8 Å². The summed E-state index contributed by atoms with van der Waals surface area (Å²) >= 11 is 0. The number of hydrogen-bond donors (Lipinski definition) is 1. The van der Waals surface area contributed by atoms with Crippen molar-refractivity contribution in [2.45, 2.75) is 12.8 Å². The van der Waals surface area contributed by atoms with Crippen LogP contribution >= 0.6 is 0 Å². The van der Waals surface area contributed by atoms with Crippen molar-refractivity contribution in [3.8, 4) is 0 Å². The summed E-state index contributed by atoms with van der Waals surface area (Å²) in [6.07, 6.45) is 2.40. The van der Waals surface area contributed by atoms with E-state index in [1.807, 2.05) is 0 Å². The first-order chi connectivity index (χ1) is 3.88. The molecule has 2 rings (SSSR count).